The number of carboxylic acid groups (broad SMARTS) is 1. The van der Waals surface area contributed by atoms with Gasteiger partial charge in [0.1, 0.15) is 5.54 Å². The smallest absolute Gasteiger partial charge is 0.323 e. The summed E-state index contributed by atoms with van der Waals surface area (Å²) in [4.78, 5) is 10.6. The molecule has 10 heavy (non-hydrogen) atoms. The fourth-order valence-electron chi connectivity index (χ4n) is 0.806. The van der Waals surface area contributed by atoms with Crippen molar-refractivity contribution in [3.8, 4) is 0 Å². The number of nitrogens with two attached hydrogens (primary N) is 1. The zero-order chi connectivity index (χ0) is 8.36. The summed E-state index contributed by atoms with van der Waals surface area (Å²) in [5, 5.41) is 8.68. The van der Waals surface area contributed by atoms with Crippen LogP contribution in [0, 0.1) is 5.92 Å². The van der Waals surface area contributed by atoms with Crippen LogP contribution in [-0.4, -0.2) is 16.6 Å². The van der Waals surface area contributed by atoms with E-state index in [-0.39, 0.29) is 5.92 Å². The summed E-state index contributed by atoms with van der Waals surface area (Å²) in [6.07, 6.45) is 0.472. The molecule has 60 valence electrons. The van der Waals surface area contributed by atoms with Gasteiger partial charge in [0.25, 0.3) is 0 Å². The lowest BCUT2D eigenvalue weighted by atomic mass is 9.85. The van der Waals surface area contributed by atoms with Crippen molar-refractivity contribution in [3.63, 3.8) is 0 Å². The van der Waals surface area contributed by atoms with Gasteiger partial charge in [-0.05, 0) is 12.3 Å². The summed E-state index contributed by atoms with van der Waals surface area (Å²) in [5.74, 6) is -0.931. The molecule has 3 N–H and O–H groups in total. The van der Waals surface area contributed by atoms with Gasteiger partial charge in [-0.3, -0.25) is 4.79 Å². The van der Waals surface area contributed by atoms with Crippen molar-refractivity contribution in [2.45, 2.75) is 32.7 Å². The minimum Gasteiger partial charge on any atom is -0.480 e. The molecule has 3 nitrogen and oxygen atoms in total. The second-order valence-corrected chi connectivity index (χ2v) is 2.85. The normalized spacial score (nSPS) is 16.9. The van der Waals surface area contributed by atoms with Crippen molar-refractivity contribution in [3.05, 3.63) is 0 Å². The van der Waals surface area contributed by atoms with E-state index in [4.69, 9.17) is 10.8 Å². The minimum atomic E-state index is -1.04. The molecule has 0 aliphatic carbocycles. The van der Waals surface area contributed by atoms with Gasteiger partial charge in [0.05, 0.1) is 0 Å². The van der Waals surface area contributed by atoms with Gasteiger partial charge >= 0.3 is 5.97 Å². The van der Waals surface area contributed by atoms with Crippen molar-refractivity contribution < 1.29 is 9.90 Å². The van der Waals surface area contributed by atoms with Crippen molar-refractivity contribution in [2.24, 2.45) is 11.7 Å². The highest BCUT2D eigenvalue weighted by molar-refractivity contribution is 5.78. The Labute approximate surface area is 61.2 Å². The van der Waals surface area contributed by atoms with Crippen molar-refractivity contribution in [1.29, 1.82) is 0 Å². The molecular weight excluding hydrogens is 130 g/mol. The fraction of sp³-hybridized carbons (Fsp3) is 0.857. The lowest BCUT2D eigenvalue weighted by Crippen LogP contribution is -2.51. The Morgan fingerprint density at radius 1 is 1.70 bits per heavy atom. The monoisotopic (exact) mass is 145 g/mol. The molecule has 3 heteroatoms. The number of hydrogen-bond acceptors (Lipinski definition) is 2. The Balaban J connectivity index is 4.38. The molecule has 0 fully saturated rings. The molecule has 0 saturated heterocycles. The van der Waals surface area contributed by atoms with E-state index in [1.807, 2.05) is 13.8 Å². The van der Waals surface area contributed by atoms with E-state index < -0.39 is 11.5 Å². The Bertz CT molecular complexity index is 134. The van der Waals surface area contributed by atoms with Crippen molar-refractivity contribution in [1.82, 2.24) is 0 Å². The molecule has 0 amide bonds. The molecule has 0 radical (unpaired) electrons. The summed E-state index contributed by atoms with van der Waals surface area (Å²) in [5.41, 5.74) is 4.54. The maximum absolute atomic E-state index is 10.6. The van der Waals surface area contributed by atoms with Crippen LogP contribution in [0.3, 0.4) is 0 Å². The first-order valence-corrected chi connectivity index (χ1v) is 3.47. The topological polar surface area (TPSA) is 63.3 Å². The minimum absolute atomic E-state index is 0.0185. The number of hydrogen-bond donors (Lipinski definition) is 2. The van der Waals surface area contributed by atoms with E-state index in [0.29, 0.717) is 6.42 Å². The van der Waals surface area contributed by atoms with Crippen molar-refractivity contribution in [2.75, 3.05) is 0 Å². The highest BCUT2D eigenvalue weighted by atomic mass is 16.4. The third kappa shape index (κ3) is 1.48. The van der Waals surface area contributed by atoms with Crippen molar-refractivity contribution >= 4 is 5.97 Å². The molecule has 0 rings (SSSR count). The molecule has 0 aromatic rings. The molecule has 0 spiro atoms. The standard InChI is InChI=1S/C7H15NO2/c1-4-7(8,5(2)3)6(9)10/h5H,4,8H2,1-3H3,(H,9,10)/t7-/m0/s1. The third-order valence-corrected chi connectivity index (χ3v) is 2.01. The summed E-state index contributed by atoms with van der Waals surface area (Å²) < 4.78 is 0. The highest BCUT2D eigenvalue weighted by Gasteiger charge is 2.35. The zero-order valence-corrected chi connectivity index (χ0v) is 6.72. The van der Waals surface area contributed by atoms with Gasteiger partial charge in [0.15, 0.2) is 0 Å². The van der Waals surface area contributed by atoms with Crippen LogP contribution in [0.1, 0.15) is 27.2 Å². The maximum Gasteiger partial charge on any atom is 0.323 e. The Kier molecular flexibility index (Phi) is 2.84. The predicted molar refractivity (Wildman–Crippen MR) is 39.7 cm³/mol. The van der Waals surface area contributed by atoms with Gasteiger partial charge in [0, 0.05) is 0 Å². The van der Waals surface area contributed by atoms with Crippen LogP contribution < -0.4 is 5.73 Å². The van der Waals surface area contributed by atoms with Gasteiger partial charge in [0.2, 0.25) is 0 Å². The lowest BCUT2D eigenvalue weighted by Gasteiger charge is -2.26. The quantitative estimate of drug-likeness (QED) is 0.618. The second-order valence-electron chi connectivity index (χ2n) is 2.85. The molecule has 0 aromatic carbocycles. The summed E-state index contributed by atoms with van der Waals surface area (Å²) in [6, 6.07) is 0. The SMILES string of the molecule is CC[C@@](N)(C(=O)O)C(C)C. The Hall–Kier alpha value is -0.570. The molecule has 0 heterocycles. The molecule has 0 aliphatic rings. The number of rotatable bonds is 3. The molecule has 0 aliphatic heterocycles. The predicted octanol–water partition coefficient (Wildman–Crippen LogP) is 0.834. The third-order valence-electron chi connectivity index (χ3n) is 2.01. The first-order chi connectivity index (χ1) is 4.45. The molecule has 0 bridgehead atoms. The van der Waals surface area contributed by atoms with E-state index >= 15 is 0 Å². The van der Waals surface area contributed by atoms with Crippen LogP contribution in [0.2, 0.25) is 0 Å². The molecule has 0 aromatic heterocycles. The Morgan fingerprint density at radius 3 is 2.10 bits per heavy atom. The lowest BCUT2D eigenvalue weighted by molar-refractivity contribution is -0.145. The van der Waals surface area contributed by atoms with Crippen LogP contribution in [0.25, 0.3) is 0 Å². The summed E-state index contributed by atoms with van der Waals surface area (Å²) >= 11 is 0. The van der Waals surface area contributed by atoms with E-state index in [9.17, 15) is 4.79 Å². The Morgan fingerprint density at radius 2 is 2.10 bits per heavy atom. The van der Waals surface area contributed by atoms with Gasteiger partial charge < -0.3 is 10.8 Å². The number of carboxylic acids is 1. The molecule has 0 unspecified atom stereocenters. The average Bonchev–Trinajstić information content (AvgIpc) is 1.85. The molecular formula is C7H15NO2. The fourth-order valence-corrected chi connectivity index (χ4v) is 0.806. The van der Waals surface area contributed by atoms with E-state index in [1.165, 1.54) is 0 Å². The summed E-state index contributed by atoms with van der Waals surface area (Å²) in [7, 11) is 0. The largest absolute Gasteiger partial charge is 0.480 e. The first-order valence-electron chi connectivity index (χ1n) is 3.47. The second kappa shape index (κ2) is 3.01. The van der Waals surface area contributed by atoms with E-state index in [1.54, 1.807) is 6.92 Å². The average molecular weight is 145 g/mol. The number of aliphatic carboxylic acids is 1. The zero-order valence-electron chi connectivity index (χ0n) is 6.72. The van der Waals surface area contributed by atoms with Crippen LogP contribution in [0.15, 0.2) is 0 Å². The van der Waals surface area contributed by atoms with Crippen LogP contribution in [0.4, 0.5) is 0 Å². The van der Waals surface area contributed by atoms with E-state index in [0.717, 1.165) is 0 Å². The van der Waals surface area contributed by atoms with Gasteiger partial charge in [-0.25, -0.2) is 0 Å². The summed E-state index contributed by atoms with van der Waals surface area (Å²) in [6.45, 7) is 5.42. The van der Waals surface area contributed by atoms with Gasteiger partial charge in [-0.1, -0.05) is 20.8 Å². The van der Waals surface area contributed by atoms with Crippen LogP contribution in [0.5, 0.6) is 0 Å². The maximum atomic E-state index is 10.6. The van der Waals surface area contributed by atoms with Gasteiger partial charge in [-0.15, -0.1) is 0 Å². The number of carbonyl (C=O) groups is 1. The highest BCUT2D eigenvalue weighted by Crippen LogP contribution is 2.17. The van der Waals surface area contributed by atoms with Crippen LogP contribution >= 0.6 is 0 Å². The molecule has 1 atom stereocenters. The van der Waals surface area contributed by atoms with Crippen LogP contribution in [-0.2, 0) is 4.79 Å². The van der Waals surface area contributed by atoms with E-state index in [2.05, 4.69) is 0 Å². The molecule has 0 saturated carbocycles. The van der Waals surface area contributed by atoms with Gasteiger partial charge in [-0.2, -0.15) is 0 Å². The first kappa shape index (κ1) is 9.43.